The molecule has 4 fully saturated rings. The molecule has 1 saturated carbocycles. The zero-order valence-corrected chi connectivity index (χ0v) is 15.0. The Kier molecular flexibility index (Phi) is 5.87. The van der Waals surface area contributed by atoms with E-state index in [9.17, 15) is 4.79 Å². The van der Waals surface area contributed by atoms with Crippen molar-refractivity contribution in [1.29, 1.82) is 0 Å². The fraction of sp³-hybridized carbons (Fsp3) is 0.944. The summed E-state index contributed by atoms with van der Waals surface area (Å²) in [6.07, 6.45) is 10.4. The number of hydrogen-bond acceptors (Lipinski definition) is 3. The van der Waals surface area contributed by atoms with Crippen LogP contribution in [0.15, 0.2) is 0 Å². The van der Waals surface area contributed by atoms with Crippen LogP contribution in [0, 0.1) is 11.8 Å². The fourth-order valence-corrected chi connectivity index (χ4v) is 5.48. The third kappa shape index (κ3) is 3.69. The molecular formula is C18H32ClN3O. The zero-order valence-electron chi connectivity index (χ0n) is 14.2. The van der Waals surface area contributed by atoms with Gasteiger partial charge in [0.2, 0.25) is 5.91 Å². The van der Waals surface area contributed by atoms with Crippen molar-refractivity contribution >= 4 is 18.3 Å². The number of piperidine rings is 2. The van der Waals surface area contributed by atoms with Gasteiger partial charge in [0.05, 0.1) is 6.54 Å². The monoisotopic (exact) mass is 341 g/mol. The molecule has 0 spiro atoms. The van der Waals surface area contributed by atoms with E-state index in [1.807, 2.05) is 0 Å². The Labute approximate surface area is 146 Å². The third-order valence-electron chi connectivity index (χ3n) is 6.66. The highest BCUT2D eigenvalue weighted by atomic mass is 35.5. The molecule has 5 heteroatoms. The Morgan fingerprint density at radius 2 is 1.78 bits per heavy atom. The van der Waals surface area contributed by atoms with Crippen molar-refractivity contribution in [1.82, 2.24) is 15.1 Å². The number of fused-ring (bicyclic) bond motifs is 2. The Balaban J connectivity index is 0.00000156. The highest BCUT2D eigenvalue weighted by molar-refractivity contribution is 5.85. The summed E-state index contributed by atoms with van der Waals surface area (Å²) in [4.78, 5) is 17.6. The number of nitrogens with one attached hydrogen (secondary N) is 1. The lowest BCUT2D eigenvalue weighted by Crippen LogP contribution is -2.54. The molecule has 0 bridgehead atoms. The van der Waals surface area contributed by atoms with Crippen LogP contribution < -0.4 is 5.32 Å². The van der Waals surface area contributed by atoms with Crippen molar-refractivity contribution in [2.75, 3.05) is 32.7 Å². The van der Waals surface area contributed by atoms with Crippen LogP contribution in [-0.4, -0.2) is 60.5 Å². The molecule has 23 heavy (non-hydrogen) atoms. The lowest BCUT2D eigenvalue weighted by Gasteiger charge is -2.45. The highest BCUT2D eigenvalue weighted by Gasteiger charge is 2.37. The van der Waals surface area contributed by atoms with E-state index >= 15 is 0 Å². The fourth-order valence-electron chi connectivity index (χ4n) is 5.48. The van der Waals surface area contributed by atoms with Gasteiger partial charge < -0.3 is 10.2 Å². The number of rotatable bonds is 2. The maximum absolute atomic E-state index is 12.9. The van der Waals surface area contributed by atoms with Crippen molar-refractivity contribution in [3.63, 3.8) is 0 Å². The zero-order chi connectivity index (χ0) is 14.9. The number of hydrogen-bond donors (Lipinski definition) is 1. The van der Waals surface area contributed by atoms with Gasteiger partial charge in [-0.05, 0) is 56.9 Å². The minimum absolute atomic E-state index is 0. The maximum Gasteiger partial charge on any atom is 0.237 e. The maximum atomic E-state index is 12.9. The van der Waals surface area contributed by atoms with Crippen LogP contribution in [0.2, 0.25) is 0 Å². The molecule has 4 unspecified atom stereocenters. The van der Waals surface area contributed by atoms with Crippen LogP contribution in [0.1, 0.15) is 51.4 Å². The summed E-state index contributed by atoms with van der Waals surface area (Å²) in [7, 11) is 0. The first-order valence-corrected chi connectivity index (χ1v) is 9.56. The predicted octanol–water partition coefficient (Wildman–Crippen LogP) is 2.27. The Bertz CT molecular complexity index is 417. The first-order chi connectivity index (χ1) is 10.8. The largest absolute Gasteiger partial charge is 0.338 e. The quantitative estimate of drug-likeness (QED) is 0.837. The SMILES string of the molecule is Cl.O=C(CN1CCC2NCCC2C1)N1CCCC2CCCCC21. The average molecular weight is 342 g/mol. The molecule has 1 amide bonds. The van der Waals surface area contributed by atoms with Crippen LogP contribution in [0.3, 0.4) is 0 Å². The van der Waals surface area contributed by atoms with Crippen LogP contribution in [0.4, 0.5) is 0 Å². The molecule has 0 radical (unpaired) electrons. The molecule has 3 aliphatic heterocycles. The summed E-state index contributed by atoms with van der Waals surface area (Å²) in [5.41, 5.74) is 0. The van der Waals surface area contributed by atoms with E-state index in [-0.39, 0.29) is 12.4 Å². The molecule has 1 N–H and O–H groups in total. The Morgan fingerprint density at radius 3 is 2.70 bits per heavy atom. The van der Waals surface area contributed by atoms with Crippen LogP contribution >= 0.6 is 12.4 Å². The lowest BCUT2D eigenvalue weighted by atomic mass is 9.78. The third-order valence-corrected chi connectivity index (χ3v) is 6.66. The van der Waals surface area contributed by atoms with Gasteiger partial charge in [-0.3, -0.25) is 9.69 Å². The van der Waals surface area contributed by atoms with Gasteiger partial charge in [-0.25, -0.2) is 0 Å². The van der Waals surface area contributed by atoms with Gasteiger partial charge >= 0.3 is 0 Å². The normalized spacial score (nSPS) is 37.7. The van der Waals surface area contributed by atoms with Crippen molar-refractivity contribution in [3.05, 3.63) is 0 Å². The Morgan fingerprint density at radius 1 is 0.957 bits per heavy atom. The summed E-state index contributed by atoms with van der Waals surface area (Å²) in [5.74, 6) is 2.00. The second kappa shape index (κ2) is 7.71. The van der Waals surface area contributed by atoms with E-state index in [4.69, 9.17) is 0 Å². The van der Waals surface area contributed by atoms with Crippen LogP contribution in [0.5, 0.6) is 0 Å². The molecule has 4 aliphatic rings. The molecule has 132 valence electrons. The van der Waals surface area contributed by atoms with Crippen LogP contribution in [0.25, 0.3) is 0 Å². The van der Waals surface area contributed by atoms with Crippen molar-refractivity contribution in [2.24, 2.45) is 11.8 Å². The van der Waals surface area contributed by atoms with E-state index < -0.39 is 0 Å². The van der Waals surface area contributed by atoms with Gasteiger partial charge in [0.25, 0.3) is 0 Å². The summed E-state index contributed by atoms with van der Waals surface area (Å²) >= 11 is 0. The van der Waals surface area contributed by atoms with E-state index in [1.165, 1.54) is 57.9 Å². The average Bonchev–Trinajstić information content (AvgIpc) is 3.02. The summed E-state index contributed by atoms with van der Waals surface area (Å²) in [5, 5.41) is 3.61. The first-order valence-electron chi connectivity index (χ1n) is 9.56. The molecular weight excluding hydrogens is 310 g/mol. The molecule has 3 saturated heterocycles. The second-order valence-electron chi connectivity index (χ2n) is 7.97. The molecule has 3 heterocycles. The number of amides is 1. The van der Waals surface area contributed by atoms with Crippen molar-refractivity contribution < 1.29 is 4.79 Å². The number of likely N-dealkylation sites (tertiary alicyclic amines) is 2. The van der Waals surface area contributed by atoms with Crippen molar-refractivity contribution in [2.45, 2.75) is 63.5 Å². The topological polar surface area (TPSA) is 35.6 Å². The predicted molar refractivity (Wildman–Crippen MR) is 94.9 cm³/mol. The van der Waals surface area contributed by atoms with E-state index in [1.54, 1.807) is 0 Å². The van der Waals surface area contributed by atoms with Gasteiger partial charge in [0.15, 0.2) is 0 Å². The summed E-state index contributed by atoms with van der Waals surface area (Å²) in [6.45, 7) is 5.09. The van der Waals surface area contributed by atoms with Crippen LogP contribution in [-0.2, 0) is 4.79 Å². The van der Waals surface area contributed by atoms with E-state index in [0.29, 0.717) is 18.5 Å². The van der Waals surface area contributed by atoms with E-state index in [2.05, 4.69) is 15.1 Å². The molecule has 4 atom stereocenters. The summed E-state index contributed by atoms with van der Waals surface area (Å²) < 4.78 is 0. The van der Waals surface area contributed by atoms with Gasteiger partial charge in [0, 0.05) is 31.7 Å². The van der Waals surface area contributed by atoms with Gasteiger partial charge in [-0.15, -0.1) is 12.4 Å². The van der Waals surface area contributed by atoms with Crippen molar-refractivity contribution in [3.8, 4) is 0 Å². The lowest BCUT2D eigenvalue weighted by molar-refractivity contribution is -0.139. The second-order valence-corrected chi connectivity index (χ2v) is 7.97. The molecule has 4 rings (SSSR count). The highest BCUT2D eigenvalue weighted by Crippen LogP contribution is 2.35. The van der Waals surface area contributed by atoms with Gasteiger partial charge in [-0.1, -0.05) is 12.8 Å². The molecule has 0 aromatic rings. The molecule has 4 nitrogen and oxygen atoms in total. The molecule has 0 aromatic carbocycles. The number of halogens is 1. The number of nitrogens with zero attached hydrogens (tertiary/aromatic N) is 2. The Hall–Kier alpha value is -0.320. The number of carbonyl (C=O) groups is 1. The minimum atomic E-state index is 0. The van der Waals surface area contributed by atoms with E-state index in [0.717, 1.165) is 37.5 Å². The minimum Gasteiger partial charge on any atom is -0.338 e. The molecule has 1 aliphatic carbocycles. The number of carbonyl (C=O) groups excluding carboxylic acids is 1. The first kappa shape index (κ1) is 17.5. The molecule has 0 aromatic heterocycles. The van der Waals surface area contributed by atoms with Gasteiger partial charge in [-0.2, -0.15) is 0 Å². The smallest absolute Gasteiger partial charge is 0.237 e. The van der Waals surface area contributed by atoms with Gasteiger partial charge in [0.1, 0.15) is 0 Å². The standard InChI is InChI=1S/C18H31N3O.ClH/c22-18(13-20-11-8-16-15(12-20)7-9-19-16)21-10-3-5-14-4-1-2-6-17(14)21;/h14-17,19H,1-13H2;1H. The summed E-state index contributed by atoms with van der Waals surface area (Å²) in [6, 6.07) is 1.30.